The largest absolute Gasteiger partial charge is 0.457 e. The lowest BCUT2D eigenvalue weighted by atomic mass is 10.1. The Kier molecular flexibility index (Phi) is 4.81. The Bertz CT molecular complexity index is 806. The van der Waals surface area contributed by atoms with E-state index in [4.69, 9.17) is 27.9 Å². The monoisotopic (exact) mass is 348 g/mol. The molecule has 2 aromatic carbocycles. The third-order valence-corrected chi connectivity index (χ3v) is 3.95. The second-order valence-corrected chi connectivity index (χ2v) is 5.65. The molecule has 23 heavy (non-hydrogen) atoms. The molecule has 0 atom stereocenters. The quantitative estimate of drug-likeness (QED) is 0.754. The van der Waals surface area contributed by atoms with Gasteiger partial charge in [0.1, 0.15) is 24.2 Å². The molecule has 5 nitrogen and oxygen atoms in total. The predicted octanol–water partition coefficient (Wildman–Crippen LogP) is 4.09. The molecule has 3 rings (SSSR count). The fourth-order valence-electron chi connectivity index (χ4n) is 2.15. The van der Waals surface area contributed by atoms with Crippen LogP contribution in [-0.4, -0.2) is 21.8 Å². The van der Waals surface area contributed by atoms with Gasteiger partial charge in [0.2, 0.25) is 0 Å². The minimum absolute atomic E-state index is 0.457. The average molecular weight is 349 g/mol. The second-order valence-electron chi connectivity index (χ2n) is 4.84. The van der Waals surface area contributed by atoms with E-state index in [1.807, 2.05) is 25.2 Å². The summed E-state index contributed by atoms with van der Waals surface area (Å²) >= 11 is 12.0. The molecular formula is C16H14Cl2N4O. The van der Waals surface area contributed by atoms with Gasteiger partial charge in [0.05, 0.1) is 15.7 Å². The van der Waals surface area contributed by atoms with E-state index >= 15 is 0 Å². The van der Waals surface area contributed by atoms with Gasteiger partial charge in [-0.1, -0.05) is 23.2 Å². The van der Waals surface area contributed by atoms with Crippen LogP contribution in [0.3, 0.4) is 0 Å². The lowest BCUT2D eigenvalue weighted by Gasteiger charge is -2.13. The topological polar surface area (TPSA) is 52.0 Å². The number of hydrogen-bond acceptors (Lipinski definition) is 4. The Labute approximate surface area is 143 Å². The van der Waals surface area contributed by atoms with Crippen LogP contribution in [0.4, 0.5) is 0 Å². The fraction of sp³-hybridized carbons (Fsp3) is 0.125. The molecular weight excluding hydrogens is 335 g/mol. The Balaban J connectivity index is 1.93. The number of nitrogens with zero attached hydrogens (tertiary/aromatic N) is 3. The summed E-state index contributed by atoms with van der Waals surface area (Å²) in [5.74, 6) is 1.37. The van der Waals surface area contributed by atoms with Gasteiger partial charge in [0, 0.05) is 18.2 Å². The number of hydrogen-bond donors (Lipinski definition) is 1. The van der Waals surface area contributed by atoms with Gasteiger partial charge in [-0.25, -0.2) is 9.67 Å². The molecule has 0 bridgehead atoms. The second kappa shape index (κ2) is 7.00. The zero-order valence-electron chi connectivity index (χ0n) is 12.3. The van der Waals surface area contributed by atoms with Crippen molar-refractivity contribution in [1.29, 1.82) is 0 Å². The summed E-state index contributed by atoms with van der Waals surface area (Å²) in [6.07, 6.45) is 3.15. The van der Waals surface area contributed by atoms with Crippen LogP contribution in [0.25, 0.3) is 5.69 Å². The van der Waals surface area contributed by atoms with Crippen LogP contribution in [0.5, 0.6) is 11.5 Å². The maximum Gasteiger partial charge on any atom is 0.138 e. The fourth-order valence-corrected chi connectivity index (χ4v) is 2.43. The summed E-state index contributed by atoms with van der Waals surface area (Å²) < 4.78 is 7.64. The van der Waals surface area contributed by atoms with E-state index in [1.165, 1.54) is 6.33 Å². The lowest BCUT2D eigenvalue weighted by Crippen LogP contribution is -2.07. The average Bonchev–Trinajstić information content (AvgIpc) is 3.07. The minimum atomic E-state index is 0.457. The van der Waals surface area contributed by atoms with Gasteiger partial charge < -0.3 is 10.1 Å². The lowest BCUT2D eigenvalue weighted by molar-refractivity contribution is 0.474. The third-order valence-electron chi connectivity index (χ3n) is 3.21. The van der Waals surface area contributed by atoms with Crippen molar-refractivity contribution < 1.29 is 4.74 Å². The number of halogens is 2. The third kappa shape index (κ3) is 3.64. The molecule has 0 unspecified atom stereocenters. The van der Waals surface area contributed by atoms with Crippen LogP contribution in [0.2, 0.25) is 10.0 Å². The van der Waals surface area contributed by atoms with Gasteiger partial charge in [-0.15, -0.1) is 0 Å². The summed E-state index contributed by atoms with van der Waals surface area (Å²) in [6, 6.07) is 11.0. The number of rotatable bonds is 5. The Morgan fingerprint density at radius 3 is 2.70 bits per heavy atom. The summed E-state index contributed by atoms with van der Waals surface area (Å²) in [6.45, 7) is 0.652. The SMILES string of the molecule is CNCc1cc(-n2cncn2)ccc1Oc1ccc(Cl)c(Cl)c1. The van der Waals surface area contributed by atoms with Crippen LogP contribution in [0.1, 0.15) is 5.56 Å². The highest BCUT2D eigenvalue weighted by atomic mass is 35.5. The molecule has 0 saturated heterocycles. The van der Waals surface area contributed by atoms with Crippen LogP contribution >= 0.6 is 23.2 Å². The van der Waals surface area contributed by atoms with Gasteiger partial charge in [-0.05, 0) is 37.4 Å². The first-order chi connectivity index (χ1) is 11.2. The van der Waals surface area contributed by atoms with Crippen LogP contribution in [0, 0.1) is 0 Å². The molecule has 0 fully saturated rings. The van der Waals surface area contributed by atoms with Crippen molar-refractivity contribution in [2.45, 2.75) is 6.54 Å². The number of nitrogens with one attached hydrogen (secondary N) is 1. The maximum atomic E-state index is 6.03. The summed E-state index contributed by atoms with van der Waals surface area (Å²) in [5, 5.41) is 8.22. The van der Waals surface area contributed by atoms with Crippen molar-refractivity contribution in [1.82, 2.24) is 20.1 Å². The van der Waals surface area contributed by atoms with Gasteiger partial charge >= 0.3 is 0 Å². The zero-order valence-corrected chi connectivity index (χ0v) is 13.8. The van der Waals surface area contributed by atoms with E-state index in [1.54, 1.807) is 29.2 Å². The summed E-state index contributed by atoms with van der Waals surface area (Å²) in [4.78, 5) is 3.96. The van der Waals surface area contributed by atoms with Gasteiger partial charge in [-0.2, -0.15) is 5.10 Å². The predicted molar refractivity (Wildman–Crippen MR) is 90.7 cm³/mol. The number of aromatic nitrogens is 3. The van der Waals surface area contributed by atoms with Crippen molar-refractivity contribution in [3.8, 4) is 17.2 Å². The molecule has 0 radical (unpaired) electrons. The zero-order chi connectivity index (χ0) is 16.2. The van der Waals surface area contributed by atoms with Crippen LogP contribution in [-0.2, 0) is 6.54 Å². The molecule has 0 aliphatic heterocycles. The Hall–Kier alpha value is -2.08. The van der Waals surface area contributed by atoms with E-state index in [0.29, 0.717) is 22.3 Å². The molecule has 1 N–H and O–H groups in total. The minimum Gasteiger partial charge on any atom is -0.457 e. The molecule has 0 amide bonds. The first-order valence-electron chi connectivity index (χ1n) is 6.93. The molecule has 3 aromatic rings. The van der Waals surface area contributed by atoms with Gasteiger partial charge in [-0.3, -0.25) is 0 Å². The smallest absolute Gasteiger partial charge is 0.138 e. The molecule has 1 heterocycles. The molecule has 0 aliphatic carbocycles. The van der Waals surface area contributed by atoms with Crippen molar-refractivity contribution in [2.75, 3.05) is 7.05 Å². The van der Waals surface area contributed by atoms with Gasteiger partial charge in [0.25, 0.3) is 0 Å². The van der Waals surface area contributed by atoms with Crippen molar-refractivity contribution in [2.24, 2.45) is 0 Å². The highest BCUT2D eigenvalue weighted by Gasteiger charge is 2.09. The summed E-state index contributed by atoms with van der Waals surface area (Å²) in [5.41, 5.74) is 1.90. The molecule has 1 aromatic heterocycles. The van der Waals surface area contributed by atoms with E-state index in [-0.39, 0.29) is 0 Å². The molecule has 118 valence electrons. The van der Waals surface area contributed by atoms with E-state index in [0.717, 1.165) is 17.0 Å². The van der Waals surface area contributed by atoms with Gasteiger partial charge in [0.15, 0.2) is 0 Å². The Morgan fingerprint density at radius 2 is 2.00 bits per heavy atom. The van der Waals surface area contributed by atoms with E-state index in [9.17, 15) is 0 Å². The molecule has 0 aliphatic rings. The maximum absolute atomic E-state index is 6.03. The highest BCUT2D eigenvalue weighted by Crippen LogP contribution is 2.31. The first kappa shape index (κ1) is 15.8. The number of benzene rings is 2. The van der Waals surface area contributed by atoms with E-state index < -0.39 is 0 Å². The number of ether oxygens (including phenoxy) is 1. The first-order valence-corrected chi connectivity index (χ1v) is 7.68. The Morgan fingerprint density at radius 1 is 1.13 bits per heavy atom. The van der Waals surface area contributed by atoms with E-state index in [2.05, 4.69) is 15.4 Å². The molecule has 0 spiro atoms. The van der Waals surface area contributed by atoms with Crippen molar-refractivity contribution in [3.05, 3.63) is 64.7 Å². The van der Waals surface area contributed by atoms with Crippen LogP contribution in [0.15, 0.2) is 49.1 Å². The standard InChI is InChI=1S/C16H14Cl2N4O/c1-19-8-11-6-12(22-10-20-9-21-22)2-5-16(11)23-13-3-4-14(17)15(18)7-13/h2-7,9-10,19H,8H2,1H3. The van der Waals surface area contributed by atoms with Crippen LogP contribution < -0.4 is 10.1 Å². The normalized spacial score (nSPS) is 10.7. The van der Waals surface area contributed by atoms with Crippen molar-refractivity contribution in [3.63, 3.8) is 0 Å². The van der Waals surface area contributed by atoms with Crippen molar-refractivity contribution >= 4 is 23.2 Å². The summed E-state index contributed by atoms with van der Waals surface area (Å²) in [7, 11) is 1.88. The highest BCUT2D eigenvalue weighted by molar-refractivity contribution is 6.42. The molecule has 0 saturated carbocycles. The molecule has 7 heteroatoms.